The second-order valence-electron chi connectivity index (χ2n) is 4.16. The highest BCUT2D eigenvalue weighted by molar-refractivity contribution is 6.30. The first-order valence-electron chi connectivity index (χ1n) is 5.66. The smallest absolute Gasteiger partial charge is 0.230 e. The molecule has 0 aliphatic heterocycles. The Morgan fingerprint density at radius 1 is 1.32 bits per heavy atom. The zero-order valence-electron chi connectivity index (χ0n) is 10.2. The first-order chi connectivity index (χ1) is 9.15. The highest BCUT2D eigenvalue weighted by Crippen LogP contribution is 2.36. The van der Waals surface area contributed by atoms with Crippen LogP contribution in [0.4, 0.5) is 5.88 Å². The zero-order chi connectivity index (χ0) is 13.4. The third kappa shape index (κ3) is 2.08. The van der Waals surface area contributed by atoms with Crippen LogP contribution in [-0.4, -0.2) is 14.9 Å². The minimum absolute atomic E-state index is 0.253. The summed E-state index contributed by atoms with van der Waals surface area (Å²) in [5.74, 6) is 0.253. The second-order valence-corrected chi connectivity index (χ2v) is 4.59. The largest absolute Gasteiger partial charge is 0.367 e. The van der Waals surface area contributed by atoms with Gasteiger partial charge in [-0.2, -0.15) is 5.10 Å². The average Bonchev–Trinajstić information content (AvgIpc) is 2.95. The van der Waals surface area contributed by atoms with E-state index >= 15 is 0 Å². The van der Waals surface area contributed by atoms with Crippen molar-refractivity contribution in [3.63, 3.8) is 0 Å². The third-order valence-corrected chi connectivity index (χ3v) is 3.02. The van der Waals surface area contributed by atoms with Crippen molar-refractivity contribution < 1.29 is 4.52 Å². The molecule has 19 heavy (non-hydrogen) atoms. The SMILES string of the molecule is Cn1ccc(-c2noc(N)c2-c2cccc(Cl)c2)n1. The van der Waals surface area contributed by atoms with Crippen molar-refractivity contribution in [1.29, 1.82) is 0 Å². The van der Waals surface area contributed by atoms with Crippen LogP contribution in [0.25, 0.3) is 22.5 Å². The van der Waals surface area contributed by atoms with Gasteiger partial charge >= 0.3 is 0 Å². The van der Waals surface area contributed by atoms with Gasteiger partial charge in [-0.3, -0.25) is 4.68 Å². The fraction of sp³-hybridized carbons (Fsp3) is 0.0769. The minimum Gasteiger partial charge on any atom is -0.367 e. The maximum absolute atomic E-state index is 6.00. The third-order valence-electron chi connectivity index (χ3n) is 2.79. The first kappa shape index (κ1) is 11.8. The van der Waals surface area contributed by atoms with E-state index in [9.17, 15) is 0 Å². The number of aromatic nitrogens is 3. The highest BCUT2D eigenvalue weighted by atomic mass is 35.5. The molecule has 2 N–H and O–H groups in total. The fourth-order valence-corrected chi connectivity index (χ4v) is 2.13. The van der Waals surface area contributed by atoms with Gasteiger partial charge in [-0.15, -0.1) is 0 Å². The Kier molecular flexibility index (Phi) is 2.76. The number of aryl methyl sites for hydroxylation is 1. The molecule has 0 saturated heterocycles. The first-order valence-corrected chi connectivity index (χ1v) is 6.04. The molecular formula is C13H11ClN4O. The molecule has 0 aliphatic rings. The fourth-order valence-electron chi connectivity index (χ4n) is 1.94. The molecule has 96 valence electrons. The van der Waals surface area contributed by atoms with Crippen molar-refractivity contribution in [3.05, 3.63) is 41.6 Å². The number of nitrogens with two attached hydrogens (primary N) is 1. The summed E-state index contributed by atoms with van der Waals surface area (Å²) in [6, 6.07) is 9.23. The molecule has 3 aromatic rings. The van der Waals surface area contributed by atoms with Crippen molar-refractivity contribution in [2.75, 3.05) is 5.73 Å². The molecular weight excluding hydrogens is 264 g/mol. The number of halogens is 1. The molecule has 0 fully saturated rings. The van der Waals surface area contributed by atoms with E-state index in [2.05, 4.69) is 10.3 Å². The zero-order valence-corrected chi connectivity index (χ0v) is 10.9. The maximum atomic E-state index is 6.00. The van der Waals surface area contributed by atoms with Gasteiger partial charge in [-0.05, 0) is 23.8 Å². The van der Waals surface area contributed by atoms with E-state index in [1.165, 1.54) is 0 Å². The summed E-state index contributed by atoms with van der Waals surface area (Å²) in [6.45, 7) is 0. The van der Waals surface area contributed by atoms with Crippen LogP contribution in [0.2, 0.25) is 5.02 Å². The lowest BCUT2D eigenvalue weighted by atomic mass is 10.0. The molecule has 0 atom stereocenters. The van der Waals surface area contributed by atoms with Crippen LogP contribution in [-0.2, 0) is 7.05 Å². The van der Waals surface area contributed by atoms with Gasteiger partial charge in [-0.1, -0.05) is 28.9 Å². The van der Waals surface area contributed by atoms with E-state index in [-0.39, 0.29) is 5.88 Å². The Bertz CT molecular complexity index is 732. The van der Waals surface area contributed by atoms with E-state index in [1.54, 1.807) is 10.7 Å². The summed E-state index contributed by atoms with van der Waals surface area (Å²) < 4.78 is 6.79. The standard InChI is InChI=1S/C13H11ClN4O/c1-18-6-5-10(16-18)12-11(13(15)19-17-12)8-3-2-4-9(14)7-8/h2-7H,15H2,1H3. The Labute approximate surface area is 114 Å². The van der Waals surface area contributed by atoms with Gasteiger partial charge < -0.3 is 10.3 Å². The summed E-state index contributed by atoms with van der Waals surface area (Å²) in [5, 5.41) is 8.92. The molecule has 0 unspecified atom stereocenters. The summed E-state index contributed by atoms with van der Waals surface area (Å²) in [6.07, 6.45) is 1.84. The number of hydrogen-bond acceptors (Lipinski definition) is 4. The van der Waals surface area contributed by atoms with Crippen molar-refractivity contribution in [2.24, 2.45) is 7.05 Å². The van der Waals surface area contributed by atoms with Crippen LogP contribution in [0.5, 0.6) is 0 Å². The van der Waals surface area contributed by atoms with Gasteiger partial charge in [0.15, 0.2) is 0 Å². The van der Waals surface area contributed by atoms with E-state index in [0.29, 0.717) is 22.0 Å². The summed E-state index contributed by atoms with van der Waals surface area (Å²) in [4.78, 5) is 0. The number of hydrogen-bond donors (Lipinski definition) is 1. The number of benzene rings is 1. The average molecular weight is 275 g/mol. The predicted molar refractivity (Wildman–Crippen MR) is 73.6 cm³/mol. The Morgan fingerprint density at radius 3 is 2.84 bits per heavy atom. The normalized spacial score (nSPS) is 10.8. The molecule has 6 heteroatoms. The van der Waals surface area contributed by atoms with Crippen LogP contribution >= 0.6 is 11.6 Å². The second kappa shape index (κ2) is 4.44. The topological polar surface area (TPSA) is 69.9 Å². The lowest BCUT2D eigenvalue weighted by Gasteiger charge is -2.01. The number of nitrogens with zero attached hydrogens (tertiary/aromatic N) is 3. The molecule has 2 aromatic heterocycles. The van der Waals surface area contributed by atoms with Crippen LogP contribution in [0.15, 0.2) is 41.1 Å². The van der Waals surface area contributed by atoms with Crippen LogP contribution in [0.1, 0.15) is 0 Å². The molecule has 5 nitrogen and oxygen atoms in total. The van der Waals surface area contributed by atoms with Crippen molar-refractivity contribution in [3.8, 4) is 22.5 Å². The van der Waals surface area contributed by atoms with Gasteiger partial charge in [0, 0.05) is 18.3 Å². The van der Waals surface area contributed by atoms with E-state index in [0.717, 1.165) is 5.56 Å². The van der Waals surface area contributed by atoms with Crippen LogP contribution in [0, 0.1) is 0 Å². The molecule has 0 spiro atoms. The van der Waals surface area contributed by atoms with Crippen LogP contribution < -0.4 is 5.73 Å². The van der Waals surface area contributed by atoms with Gasteiger partial charge in [0.2, 0.25) is 5.88 Å². The summed E-state index contributed by atoms with van der Waals surface area (Å²) in [5.41, 5.74) is 8.74. The Balaban J connectivity index is 2.19. The van der Waals surface area contributed by atoms with Gasteiger partial charge in [0.1, 0.15) is 11.4 Å². The number of rotatable bonds is 2. The minimum atomic E-state index is 0.253. The summed E-state index contributed by atoms with van der Waals surface area (Å²) in [7, 11) is 1.84. The lowest BCUT2D eigenvalue weighted by Crippen LogP contribution is -1.90. The van der Waals surface area contributed by atoms with Crippen molar-refractivity contribution in [1.82, 2.24) is 14.9 Å². The van der Waals surface area contributed by atoms with E-state index in [1.807, 2.05) is 37.5 Å². The molecule has 0 aliphatic carbocycles. The quantitative estimate of drug-likeness (QED) is 0.780. The Hall–Kier alpha value is -2.27. The number of nitrogen functional groups attached to an aromatic ring is 1. The maximum Gasteiger partial charge on any atom is 0.230 e. The Morgan fingerprint density at radius 2 is 2.16 bits per heavy atom. The molecule has 1 aromatic carbocycles. The molecule has 0 amide bonds. The summed E-state index contributed by atoms with van der Waals surface area (Å²) >= 11 is 6.00. The molecule has 3 rings (SSSR count). The van der Waals surface area contributed by atoms with Gasteiger partial charge in [0.25, 0.3) is 0 Å². The number of anilines is 1. The van der Waals surface area contributed by atoms with Gasteiger partial charge in [0.05, 0.1) is 5.56 Å². The molecule has 0 bridgehead atoms. The molecule has 0 saturated carbocycles. The monoisotopic (exact) mass is 274 g/mol. The van der Waals surface area contributed by atoms with E-state index < -0.39 is 0 Å². The lowest BCUT2D eigenvalue weighted by molar-refractivity contribution is 0.439. The molecule has 0 radical (unpaired) electrons. The van der Waals surface area contributed by atoms with Gasteiger partial charge in [-0.25, -0.2) is 0 Å². The highest BCUT2D eigenvalue weighted by Gasteiger charge is 2.19. The van der Waals surface area contributed by atoms with Crippen molar-refractivity contribution >= 4 is 17.5 Å². The van der Waals surface area contributed by atoms with Crippen molar-refractivity contribution in [2.45, 2.75) is 0 Å². The van der Waals surface area contributed by atoms with E-state index in [4.69, 9.17) is 21.9 Å². The van der Waals surface area contributed by atoms with Crippen LogP contribution in [0.3, 0.4) is 0 Å². The predicted octanol–water partition coefficient (Wildman–Crippen LogP) is 2.98. The molecule has 2 heterocycles.